The number of carboxylic acids is 1. The Morgan fingerprint density at radius 2 is 2.12 bits per heavy atom. The molecule has 0 amide bonds. The molecule has 0 aliphatic rings. The first-order valence-electron chi connectivity index (χ1n) is 5.28. The normalized spacial score (nSPS) is 16.2. The molecule has 1 aromatic rings. The summed E-state index contributed by atoms with van der Waals surface area (Å²) in [6.07, 6.45) is 0. The fraction of sp³-hybridized carbons (Fsp3) is 0.417. The highest BCUT2D eigenvalue weighted by Crippen LogP contribution is 2.16. The number of halogens is 1. The third kappa shape index (κ3) is 3.51. The highest BCUT2D eigenvalue weighted by atomic mass is 19.1. The Kier molecular flexibility index (Phi) is 4.20. The van der Waals surface area contributed by atoms with E-state index >= 15 is 0 Å². The molecule has 0 aromatic heterocycles. The summed E-state index contributed by atoms with van der Waals surface area (Å²) in [5.74, 6) is -1.67. The van der Waals surface area contributed by atoms with Crippen LogP contribution in [-0.2, 0) is 4.79 Å². The van der Waals surface area contributed by atoms with E-state index in [2.05, 4.69) is 5.32 Å². The third-order valence-electron chi connectivity index (χ3n) is 2.58. The van der Waals surface area contributed by atoms with Crippen molar-refractivity contribution in [1.29, 1.82) is 0 Å². The molecule has 0 aliphatic carbocycles. The van der Waals surface area contributed by atoms with Crippen molar-refractivity contribution in [3.05, 3.63) is 35.6 Å². The van der Waals surface area contributed by atoms with E-state index < -0.39 is 11.6 Å². The Morgan fingerprint density at radius 3 is 2.65 bits per heavy atom. The second-order valence-electron chi connectivity index (χ2n) is 4.20. The van der Waals surface area contributed by atoms with Crippen LogP contribution in [0.2, 0.25) is 0 Å². The zero-order chi connectivity index (χ0) is 13.1. The average Bonchev–Trinajstić information content (AvgIpc) is 2.26. The minimum Gasteiger partial charge on any atom is -0.479 e. The zero-order valence-corrected chi connectivity index (χ0v) is 9.77. The monoisotopic (exact) mass is 241 g/mol. The van der Waals surface area contributed by atoms with E-state index in [-0.39, 0.29) is 18.4 Å². The van der Waals surface area contributed by atoms with Gasteiger partial charge in [-0.25, -0.2) is 9.18 Å². The van der Waals surface area contributed by atoms with Crippen molar-refractivity contribution in [2.24, 2.45) is 0 Å². The Hall–Kier alpha value is -1.46. The maximum absolute atomic E-state index is 13.4. The molecule has 0 saturated carbocycles. The second-order valence-corrected chi connectivity index (χ2v) is 4.20. The van der Waals surface area contributed by atoms with Gasteiger partial charge in [0.1, 0.15) is 5.82 Å². The van der Waals surface area contributed by atoms with Crippen molar-refractivity contribution in [1.82, 2.24) is 5.32 Å². The van der Waals surface area contributed by atoms with E-state index in [4.69, 9.17) is 5.11 Å². The summed E-state index contributed by atoms with van der Waals surface area (Å²) in [5, 5.41) is 21.0. The van der Waals surface area contributed by atoms with E-state index in [0.717, 1.165) is 0 Å². The van der Waals surface area contributed by atoms with Crippen molar-refractivity contribution in [3.8, 4) is 0 Å². The topological polar surface area (TPSA) is 69.6 Å². The molecule has 0 radical (unpaired) electrons. The van der Waals surface area contributed by atoms with Crippen molar-refractivity contribution >= 4 is 5.97 Å². The molecule has 0 bridgehead atoms. The summed E-state index contributed by atoms with van der Waals surface area (Å²) in [6.45, 7) is 2.74. The molecule has 0 spiro atoms. The fourth-order valence-electron chi connectivity index (χ4n) is 1.36. The van der Waals surface area contributed by atoms with Gasteiger partial charge in [-0.3, -0.25) is 0 Å². The predicted molar refractivity (Wildman–Crippen MR) is 61.1 cm³/mol. The number of aliphatic carboxylic acids is 1. The number of hydrogen-bond donors (Lipinski definition) is 3. The van der Waals surface area contributed by atoms with Gasteiger partial charge in [0, 0.05) is 18.2 Å². The molecule has 1 rings (SSSR count). The molecule has 4 nitrogen and oxygen atoms in total. The van der Waals surface area contributed by atoms with Crippen molar-refractivity contribution in [3.63, 3.8) is 0 Å². The first-order chi connectivity index (χ1) is 7.84. The number of carboxylic acid groups (broad SMARTS) is 1. The molecule has 0 heterocycles. The molecule has 5 heteroatoms. The van der Waals surface area contributed by atoms with Crippen molar-refractivity contribution in [2.75, 3.05) is 6.54 Å². The van der Waals surface area contributed by atoms with Crippen LogP contribution in [0.15, 0.2) is 24.3 Å². The van der Waals surface area contributed by atoms with E-state index in [1.807, 2.05) is 0 Å². The van der Waals surface area contributed by atoms with Crippen LogP contribution in [0.4, 0.5) is 4.39 Å². The Labute approximate surface area is 99.1 Å². The van der Waals surface area contributed by atoms with Gasteiger partial charge in [-0.05, 0) is 19.9 Å². The molecule has 0 aliphatic heterocycles. The van der Waals surface area contributed by atoms with E-state index in [1.54, 1.807) is 25.1 Å². The quantitative estimate of drug-likeness (QED) is 0.727. The smallest absolute Gasteiger partial charge is 0.336 e. The molecule has 17 heavy (non-hydrogen) atoms. The van der Waals surface area contributed by atoms with Crippen LogP contribution in [0.5, 0.6) is 0 Å². The van der Waals surface area contributed by atoms with Gasteiger partial charge < -0.3 is 15.5 Å². The van der Waals surface area contributed by atoms with Gasteiger partial charge in [-0.2, -0.15) is 0 Å². The number of benzene rings is 1. The summed E-state index contributed by atoms with van der Waals surface area (Å²) in [5.41, 5.74) is -1.42. The average molecular weight is 241 g/mol. The van der Waals surface area contributed by atoms with Crippen LogP contribution in [-0.4, -0.2) is 28.3 Å². The van der Waals surface area contributed by atoms with E-state index in [9.17, 15) is 14.3 Å². The van der Waals surface area contributed by atoms with Crippen LogP contribution in [0, 0.1) is 5.82 Å². The van der Waals surface area contributed by atoms with E-state index in [1.165, 1.54) is 13.0 Å². The molecular weight excluding hydrogens is 225 g/mol. The van der Waals surface area contributed by atoms with Gasteiger partial charge in [0.2, 0.25) is 0 Å². The Morgan fingerprint density at radius 1 is 1.53 bits per heavy atom. The van der Waals surface area contributed by atoms with Gasteiger partial charge >= 0.3 is 5.97 Å². The first-order valence-corrected chi connectivity index (χ1v) is 5.28. The molecule has 3 N–H and O–H groups in total. The van der Waals surface area contributed by atoms with Crippen molar-refractivity contribution in [2.45, 2.75) is 25.5 Å². The van der Waals surface area contributed by atoms with Crippen LogP contribution in [0.3, 0.4) is 0 Å². The van der Waals surface area contributed by atoms with Gasteiger partial charge in [-0.15, -0.1) is 0 Å². The Bertz CT molecular complexity index is 406. The standard InChI is InChI=1S/C12H16FNO3/c1-8(9-5-3-4-6-10(9)13)14-7-12(2,17)11(15)16/h3-6,8,14,17H,7H2,1-2H3,(H,15,16). The largest absolute Gasteiger partial charge is 0.479 e. The van der Waals surface area contributed by atoms with Crippen molar-refractivity contribution < 1.29 is 19.4 Å². The molecule has 0 fully saturated rings. The van der Waals surface area contributed by atoms with Crippen LogP contribution in [0.25, 0.3) is 0 Å². The summed E-state index contributed by atoms with van der Waals surface area (Å²) < 4.78 is 13.4. The SMILES string of the molecule is CC(NCC(C)(O)C(=O)O)c1ccccc1F. The van der Waals surface area contributed by atoms with Crippen LogP contribution in [0.1, 0.15) is 25.5 Å². The second kappa shape index (κ2) is 5.25. The maximum Gasteiger partial charge on any atom is 0.336 e. The molecule has 2 atom stereocenters. The van der Waals surface area contributed by atoms with Gasteiger partial charge in [0.25, 0.3) is 0 Å². The lowest BCUT2D eigenvalue weighted by Crippen LogP contribution is -2.45. The molecule has 1 aromatic carbocycles. The van der Waals surface area contributed by atoms with Crippen LogP contribution >= 0.6 is 0 Å². The predicted octanol–water partition coefficient (Wildman–Crippen LogP) is 1.31. The van der Waals surface area contributed by atoms with Crippen LogP contribution < -0.4 is 5.32 Å². The summed E-state index contributed by atoms with van der Waals surface area (Å²) in [4.78, 5) is 10.7. The van der Waals surface area contributed by atoms with Gasteiger partial charge in [0.05, 0.1) is 0 Å². The zero-order valence-electron chi connectivity index (χ0n) is 9.77. The molecule has 0 saturated heterocycles. The number of carbonyl (C=O) groups is 1. The number of hydrogen-bond acceptors (Lipinski definition) is 3. The minimum atomic E-state index is -1.86. The van der Waals surface area contributed by atoms with Gasteiger partial charge in [-0.1, -0.05) is 18.2 Å². The lowest BCUT2D eigenvalue weighted by Gasteiger charge is -2.22. The summed E-state index contributed by atoms with van der Waals surface area (Å²) >= 11 is 0. The minimum absolute atomic E-state index is 0.155. The summed E-state index contributed by atoms with van der Waals surface area (Å²) in [6, 6.07) is 5.86. The molecule has 94 valence electrons. The molecule has 2 unspecified atom stereocenters. The summed E-state index contributed by atoms with van der Waals surface area (Å²) in [7, 11) is 0. The fourth-order valence-corrected chi connectivity index (χ4v) is 1.36. The highest BCUT2D eigenvalue weighted by Gasteiger charge is 2.30. The number of aliphatic hydroxyl groups is 1. The lowest BCUT2D eigenvalue weighted by atomic mass is 10.0. The number of rotatable bonds is 5. The highest BCUT2D eigenvalue weighted by molar-refractivity contribution is 5.76. The number of nitrogens with one attached hydrogen (secondary N) is 1. The third-order valence-corrected chi connectivity index (χ3v) is 2.58. The van der Waals surface area contributed by atoms with E-state index in [0.29, 0.717) is 5.56 Å². The Balaban J connectivity index is 2.65. The first kappa shape index (κ1) is 13.6. The lowest BCUT2D eigenvalue weighted by molar-refractivity contribution is -0.156. The maximum atomic E-state index is 13.4. The molecular formula is C12H16FNO3. The van der Waals surface area contributed by atoms with Gasteiger partial charge in [0.15, 0.2) is 5.60 Å².